The van der Waals surface area contributed by atoms with E-state index < -0.39 is 0 Å². The molecule has 0 aliphatic heterocycles. The highest BCUT2D eigenvalue weighted by Gasteiger charge is 1.72. The minimum absolute atomic E-state index is 0.0509. The van der Waals surface area contributed by atoms with Crippen molar-refractivity contribution in [3.63, 3.8) is 0 Å². The summed E-state index contributed by atoms with van der Waals surface area (Å²) in [5.41, 5.74) is 0. The van der Waals surface area contributed by atoms with Gasteiger partial charge in [0.1, 0.15) is 0 Å². The maximum atomic E-state index is 9.73. The first-order valence-electron chi connectivity index (χ1n) is 1.46. The Kier molecular flexibility index (Phi) is 2.98. The third-order valence-corrected chi connectivity index (χ3v) is 0.380. The lowest BCUT2D eigenvalue weighted by molar-refractivity contribution is -0.114. The predicted octanol–water partition coefficient (Wildman–Crippen LogP) is -0.294. The molecule has 0 aliphatic carbocycles. The maximum absolute atomic E-state index is 9.73. The molecule has 0 radical (unpaired) electrons. The maximum Gasteiger partial charge on any atom is 0.0829 e. The monoisotopic (exact) mass is 105 g/mol. The summed E-state index contributed by atoms with van der Waals surface area (Å²) >= 11 is 4.11. The molecular formula is C3H5O2S-. The fraction of sp³-hybridized carbons (Fsp3) is 0.667. The molecule has 0 amide bonds. The molecule has 3 heteroatoms. The summed E-state index contributed by atoms with van der Waals surface area (Å²) in [6.07, 6.45) is 0. The van der Waals surface area contributed by atoms with E-state index in [-0.39, 0.29) is 11.7 Å². The van der Waals surface area contributed by atoms with E-state index in [2.05, 4.69) is 17.4 Å². The lowest BCUT2D eigenvalue weighted by Crippen LogP contribution is -1.99. The van der Waals surface area contributed by atoms with Gasteiger partial charge < -0.3 is 22.2 Å². The van der Waals surface area contributed by atoms with Gasteiger partial charge in [0.15, 0.2) is 0 Å². The zero-order chi connectivity index (χ0) is 4.99. The first-order valence-corrected chi connectivity index (χ1v) is 1.87. The van der Waals surface area contributed by atoms with Crippen molar-refractivity contribution in [1.29, 1.82) is 0 Å². The molecule has 0 rings (SSSR count). The molecule has 0 bridgehead atoms. The smallest absolute Gasteiger partial charge is 0.0829 e. The topological polar surface area (TPSA) is 26.3 Å². The van der Waals surface area contributed by atoms with Gasteiger partial charge in [-0.1, -0.05) is 0 Å². The molecule has 0 atom stereocenters. The van der Waals surface area contributed by atoms with Gasteiger partial charge in [0.25, 0.3) is 0 Å². The molecule has 0 aromatic heterocycles. The van der Waals surface area contributed by atoms with Crippen LogP contribution in [0.25, 0.3) is 0 Å². The second kappa shape index (κ2) is 3.06. The van der Waals surface area contributed by atoms with Crippen molar-refractivity contribution in [2.24, 2.45) is 0 Å². The number of carbonyl (C=O) groups excluding carboxylic acids is 1. The second-order valence-electron chi connectivity index (χ2n) is 0.805. The molecule has 36 valence electrons. The lowest BCUT2D eigenvalue weighted by atomic mass is 10.8. The van der Waals surface area contributed by atoms with E-state index in [0.717, 1.165) is 0 Å². The van der Waals surface area contributed by atoms with Gasteiger partial charge >= 0.3 is 0 Å². The van der Waals surface area contributed by atoms with Crippen LogP contribution in [0.15, 0.2) is 0 Å². The minimum atomic E-state index is -0.350. The van der Waals surface area contributed by atoms with E-state index in [0.29, 0.717) is 0 Å². The van der Waals surface area contributed by atoms with Crippen molar-refractivity contribution in [2.75, 3.05) is 13.7 Å². The van der Waals surface area contributed by atoms with Crippen molar-refractivity contribution < 1.29 is 9.53 Å². The van der Waals surface area contributed by atoms with Crippen LogP contribution >= 0.6 is 0 Å². The van der Waals surface area contributed by atoms with E-state index in [1.54, 1.807) is 0 Å². The molecule has 0 unspecified atom stereocenters. The Morgan fingerprint density at radius 2 is 2.50 bits per heavy atom. The number of ether oxygens (including phenoxy) is 1. The fourth-order valence-electron chi connectivity index (χ4n) is 0.118. The van der Waals surface area contributed by atoms with Gasteiger partial charge in [-0.05, 0) is 0 Å². The molecule has 6 heavy (non-hydrogen) atoms. The quantitative estimate of drug-likeness (QED) is 0.451. The molecule has 0 aromatic rings. The summed E-state index contributed by atoms with van der Waals surface area (Å²) in [5, 5.41) is -0.350. The van der Waals surface area contributed by atoms with Crippen LogP contribution in [0.5, 0.6) is 0 Å². The van der Waals surface area contributed by atoms with Crippen LogP contribution in [0.1, 0.15) is 0 Å². The second-order valence-corrected chi connectivity index (χ2v) is 1.26. The number of hydrogen-bond donors (Lipinski definition) is 0. The third kappa shape index (κ3) is 3.85. The van der Waals surface area contributed by atoms with E-state index in [4.69, 9.17) is 0 Å². The zero-order valence-corrected chi connectivity index (χ0v) is 4.25. The van der Waals surface area contributed by atoms with Crippen LogP contribution in [0.4, 0.5) is 0 Å². The fourth-order valence-corrected chi connectivity index (χ4v) is 0.236. The summed E-state index contributed by atoms with van der Waals surface area (Å²) in [6.45, 7) is 0.0509. The van der Waals surface area contributed by atoms with E-state index in [9.17, 15) is 4.79 Å². The van der Waals surface area contributed by atoms with E-state index >= 15 is 0 Å². The van der Waals surface area contributed by atoms with Crippen molar-refractivity contribution in [2.45, 2.75) is 0 Å². The molecule has 0 aliphatic rings. The number of rotatable bonds is 2. The van der Waals surface area contributed by atoms with Crippen molar-refractivity contribution in [1.82, 2.24) is 0 Å². The molecule has 0 saturated heterocycles. The molecule has 0 saturated carbocycles. The van der Waals surface area contributed by atoms with Gasteiger partial charge in [-0.3, -0.25) is 0 Å². The van der Waals surface area contributed by atoms with Crippen molar-refractivity contribution >= 4 is 17.7 Å². The molecule has 0 fully saturated rings. The van der Waals surface area contributed by atoms with Gasteiger partial charge in [0.2, 0.25) is 0 Å². The summed E-state index contributed by atoms with van der Waals surface area (Å²) in [7, 11) is 1.43. The molecule has 2 nitrogen and oxygen atoms in total. The Morgan fingerprint density at radius 3 is 2.50 bits per heavy atom. The predicted molar refractivity (Wildman–Crippen MR) is 24.2 cm³/mol. The summed E-state index contributed by atoms with van der Waals surface area (Å²) < 4.78 is 4.35. The Morgan fingerprint density at radius 1 is 2.00 bits per heavy atom. The van der Waals surface area contributed by atoms with Crippen LogP contribution in [-0.4, -0.2) is 18.8 Å². The summed E-state index contributed by atoms with van der Waals surface area (Å²) in [4.78, 5) is 9.73. The third-order valence-electron chi connectivity index (χ3n) is 0.262. The highest BCUT2D eigenvalue weighted by atomic mass is 32.1. The Labute approximate surface area is 41.9 Å². The first kappa shape index (κ1) is 5.85. The molecule has 0 aromatic carbocycles. The number of methoxy groups -OCH3 is 1. The zero-order valence-electron chi connectivity index (χ0n) is 3.43. The van der Waals surface area contributed by atoms with Gasteiger partial charge in [0.05, 0.1) is 6.61 Å². The molecule has 0 spiro atoms. The van der Waals surface area contributed by atoms with Gasteiger partial charge in [-0.2, -0.15) is 0 Å². The Balaban J connectivity index is 2.83. The van der Waals surface area contributed by atoms with Crippen LogP contribution in [0, 0.1) is 0 Å². The average molecular weight is 105 g/mol. The van der Waals surface area contributed by atoms with Crippen molar-refractivity contribution in [3.8, 4) is 0 Å². The average Bonchev–Trinajstić information content (AvgIpc) is 1.35. The highest BCUT2D eigenvalue weighted by molar-refractivity contribution is 7.77. The molecule has 0 heterocycles. The Hall–Kier alpha value is -0.150. The van der Waals surface area contributed by atoms with E-state index in [1.807, 2.05) is 0 Å². The minimum Gasteiger partial charge on any atom is -0.740 e. The Bertz CT molecular complexity index is 52.8. The number of hydrogen-bond acceptors (Lipinski definition) is 3. The summed E-state index contributed by atoms with van der Waals surface area (Å²) in [5.74, 6) is 0. The lowest BCUT2D eigenvalue weighted by Gasteiger charge is -1.97. The van der Waals surface area contributed by atoms with Gasteiger partial charge in [-0.25, -0.2) is 0 Å². The molecular weight excluding hydrogens is 100 g/mol. The van der Waals surface area contributed by atoms with Gasteiger partial charge in [-0.15, -0.1) is 0 Å². The normalized spacial score (nSPS) is 8.17. The first-order chi connectivity index (χ1) is 2.77. The standard InChI is InChI=1S/C3H6O2S/c1-5-2-3(4)6/h2H2,1H3,(H,4,6)/p-1. The van der Waals surface area contributed by atoms with Crippen molar-refractivity contribution in [3.05, 3.63) is 0 Å². The number of carbonyl (C=O) groups is 1. The van der Waals surface area contributed by atoms with Crippen LogP contribution in [-0.2, 0) is 22.2 Å². The van der Waals surface area contributed by atoms with Crippen LogP contribution < -0.4 is 0 Å². The summed E-state index contributed by atoms with van der Waals surface area (Å²) in [6, 6.07) is 0. The van der Waals surface area contributed by atoms with Gasteiger partial charge in [0, 0.05) is 12.2 Å². The SMILES string of the molecule is COCC(=O)[S-]. The van der Waals surface area contributed by atoms with E-state index in [1.165, 1.54) is 7.11 Å². The van der Waals surface area contributed by atoms with Crippen LogP contribution in [0.2, 0.25) is 0 Å². The highest BCUT2D eigenvalue weighted by Crippen LogP contribution is 1.64. The largest absolute Gasteiger partial charge is 0.740 e. The van der Waals surface area contributed by atoms with Crippen LogP contribution in [0.3, 0.4) is 0 Å². The molecule has 0 N–H and O–H groups in total.